The standard InChI is InChI=1S/C14H23N3OS/c1-3-7-16-13(18)12-10(15)8-11(19-12)17-9-14(2)5-4-6-14/h8,17H,3-7,9,15H2,1-2H3,(H,16,18). The van der Waals surface area contributed by atoms with Crippen LogP contribution in [0.2, 0.25) is 0 Å². The predicted octanol–water partition coefficient (Wildman–Crippen LogP) is 3.07. The third kappa shape index (κ3) is 3.41. The number of hydrogen-bond acceptors (Lipinski definition) is 4. The Labute approximate surface area is 118 Å². The highest BCUT2D eigenvalue weighted by molar-refractivity contribution is 7.18. The van der Waals surface area contributed by atoms with Crippen molar-refractivity contribution in [2.45, 2.75) is 39.5 Å². The topological polar surface area (TPSA) is 67.2 Å². The van der Waals surface area contributed by atoms with E-state index in [-0.39, 0.29) is 5.91 Å². The molecule has 0 radical (unpaired) electrons. The number of carbonyl (C=O) groups excluding carboxylic acids is 1. The highest BCUT2D eigenvalue weighted by Crippen LogP contribution is 2.41. The SMILES string of the molecule is CCCNC(=O)c1sc(NCC2(C)CCC2)cc1N. The van der Waals surface area contributed by atoms with Crippen LogP contribution in [0, 0.1) is 5.41 Å². The van der Waals surface area contributed by atoms with Crippen LogP contribution in [0.5, 0.6) is 0 Å². The molecule has 1 amide bonds. The first-order chi connectivity index (χ1) is 9.04. The van der Waals surface area contributed by atoms with Crippen LogP contribution < -0.4 is 16.4 Å². The molecule has 19 heavy (non-hydrogen) atoms. The first-order valence-corrected chi connectivity index (χ1v) is 7.77. The van der Waals surface area contributed by atoms with E-state index >= 15 is 0 Å². The average molecular weight is 281 g/mol. The van der Waals surface area contributed by atoms with Crippen molar-refractivity contribution in [3.63, 3.8) is 0 Å². The number of amides is 1. The fourth-order valence-electron chi connectivity index (χ4n) is 2.25. The highest BCUT2D eigenvalue weighted by Gasteiger charge is 2.31. The Bertz CT molecular complexity index is 452. The second-order valence-electron chi connectivity index (χ2n) is 5.67. The van der Waals surface area contributed by atoms with Crippen molar-refractivity contribution in [1.82, 2.24) is 5.32 Å². The van der Waals surface area contributed by atoms with E-state index in [0.717, 1.165) is 18.0 Å². The fraction of sp³-hybridized carbons (Fsp3) is 0.643. The van der Waals surface area contributed by atoms with Crippen LogP contribution in [-0.4, -0.2) is 19.0 Å². The van der Waals surface area contributed by atoms with Gasteiger partial charge in [-0.2, -0.15) is 0 Å². The van der Waals surface area contributed by atoms with E-state index in [1.165, 1.54) is 30.6 Å². The molecule has 0 spiro atoms. The van der Waals surface area contributed by atoms with E-state index in [2.05, 4.69) is 17.6 Å². The summed E-state index contributed by atoms with van der Waals surface area (Å²) in [6.45, 7) is 5.99. The maximum absolute atomic E-state index is 11.9. The first kappa shape index (κ1) is 14.2. The first-order valence-electron chi connectivity index (χ1n) is 6.95. The number of hydrogen-bond donors (Lipinski definition) is 3. The molecule has 0 saturated heterocycles. The molecule has 1 aromatic heterocycles. The molecule has 1 aliphatic rings. The van der Waals surface area contributed by atoms with Crippen LogP contribution in [0.4, 0.5) is 10.7 Å². The van der Waals surface area contributed by atoms with E-state index in [9.17, 15) is 4.79 Å². The van der Waals surface area contributed by atoms with Gasteiger partial charge in [0.25, 0.3) is 5.91 Å². The van der Waals surface area contributed by atoms with Gasteiger partial charge >= 0.3 is 0 Å². The molecule has 0 atom stereocenters. The number of rotatable bonds is 6. The van der Waals surface area contributed by atoms with Gasteiger partial charge in [0.05, 0.1) is 10.7 Å². The Kier molecular flexibility index (Phi) is 4.34. The van der Waals surface area contributed by atoms with Crippen LogP contribution in [0.1, 0.15) is 49.2 Å². The average Bonchev–Trinajstić information content (AvgIpc) is 2.72. The van der Waals surface area contributed by atoms with Gasteiger partial charge in [-0.1, -0.05) is 20.3 Å². The van der Waals surface area contributed by atoms with Gasteiger partial charge in [-0.15, -0.1) is 11.3 Å². The lowest BCUT2D eigenvalue weighted by molar-refractivity contribution is 0.0958. The minimum absolute atomic E-state index is 0.0627. The van der Waals surface area contributed by atoms with Gasteiger partial charge < -0.3 is 16.4 Å². The van der Waals surface area contributed by atoms with Gasteiger partial charge in [-0.05, 0) is 30.7 Å². The smallest absolute Gasteiger partial charge is 0.263 e. The molecule has 1 heterocycles. The van der Waals surface area contributed by atoms with Crippen LogP contribution in [-0.2, 0) is 0 Å². The molecule has 1 aromatic rings. The molecular formula is C14H23N3OS. The summed E-state index contributed by atoms with van der Waals surface area (Å²) in [7, 11) is 0. The Morgan fingerprint density at radius 1 is 1.53 bits per heavy atom. The Hall–Kier alpha value is -1.23. The van der Waals surface area contributed by atoms with E-state index in [0.29, 0.717) is 22.5 Å². The van der Waals surface area contributed by atoms with Crippen molar-refractivity contribution in [1.29, 1.82) is 0 Å². The minimum Gasteiger partial charge on any atom is -0.397 e. The minimum atomic E-state index is -0.0627. The molecule has 0 unspecified atom stereocenters. The molecule has 1 saturated carbocycles. The van der Waals surface area contributed by atoms with E-state index in [1.54, 1.807) is 0 Å². The van der Waals surface area contributed by atoms with Gasteiger partial charge in [-0.25, -0.2) is 0 Å². The van der Waals surface area contributed by atoms with Gasteiger partial charge in [-0.3, -0.25) is 4.79 Å². The van der Waals surface area contributed by atoms with Gasteiger partial charge in [0, 0.05) is 13.1 Å². The molecule has 4 nitrogen and oxygen atoms in total. The molecule has 1 fully saturated rings. The summed E-state index contributed by atoms with van der Waals surface area (Å²) < 4.78 is 0. The molecule has 5 heteroatoms. The lowest BCUT2D eigenvalue weighted by atomic mass is 9.70. The molecule has 2 rings (SSSR count). The van der Waals surface area contributed by atoms with Crippen LogP contribution >= 0.6 is 11.3 Å². The Balaban J connectivity index is 1.94. The Morgan fingerprint density at radius 3 is 2.84 bits per heavy atom. The maximum Gasteiger partial charge on any atom is 0.263 e. The van der Waals surface area contributed by atoms with Gasteiger partial charge in [0.1, 0.15) is 4.88 Å². The second-order valence-corrected chi connectivity index (χ2v) is 6.72. The number of thiophene rings is 1. The third-order valence-electron chi connectivity index (χ3n) is 3.75. The van der Waals surface area contributed by atoms with Crippen molar-refractivity contribution in [3.05, 3.63) is 10.9 Å². The predicted molar refractivity (Wildman–Crippen MR) is 81.8 cm³/mol. The molecular weight excluding hydrogens is 258 g/mol. The van der Waals surface area contributed by atoms with Crippen molar-refractivity contribution in [2.75, 3.05) is 24.1 Å². The Morgan fingerprint density at radius 2 is 2.26 bits per heavy atom. The summed E-state index contributed by atoms with van der Waals surface area (Å²) in [5.74, 6) is -0.0627. The molecule has 0 aliphatic heterocycles. The largest absolute Gasteiger partial charge is 0.397 e. The number of anilines is 2. The second kappa shape index (κ2) is 5.82. The van der Waals surface area contributed by atoms with E-state index in [1.807, 2.05) is 13.0 Å². The fourth-order valence-corrected chi connectivity index (χ4v) is 3.14. The number of nitrogen functional groups attached to an aromatic ring is 1. The zero-order valence-electron chi connectivity index (χ0n) is 11.7. The van der Waals surface area contributed by atoms with Crippen molar-refractivity contribution in [3.8, 4) is 0 Å². The summed E-state index contributed by atoms with van der Waals surface area (Å²) in [6.07, 6.45) is 4.82. The molecule has 0 bridgehead atoms. The maximum atomic E-state index is 11.9. The normalized spacial score (nSPS) is 16.7. The van der Waals surface area contributed by atoms with Crippen LogP contribution in [0.15, 0.2) is 6.07 Å². The lowest BCUT2D eigenvalue weighted by Crippen LogP contribution is -2.33. The zero-order valence-corrected chi connectivity index (χ0v) is 12.5. The number of carbonyl (C=O) groups is 1. The van der Waals surface area contributed by atoms with Gasteiger partial charge in [0.2, 0.25) is 0 Å². The monoisotopic (exact) mass is 281 g/mol. The van der Waals surface area contributed by atoms with E-state index < -0.39 is 0 Å². The van der Waals surface area contributed by atoms with E-state index in [4.69, 9.17) is 5.73 Å². The summed E-state index contributed by atoms with van der Waals surface area (Å²) >= 11 is 1.45. The zero-order chi connectivity index (χ0) is 13.9. The molecule has 0 aromatic carbocycles. The van der Waals surface area contributed by atoms with Crippen LogP contribution in [0.25, 0.3) is 0 Å². The summed E-state index contributed by atoms with van der Waals surface area (Å²) in [5, 5.41) is 7.27. The summed E-state index contributed by atoms with van der Waals surface area (Å²) in [5.41, 5.74) is 6.90. The quantitative estimate of drug-likeness (QED) is 0.750. The highest BCUT2D eigenvalue weighted by atomic mass is 32.1. The summed E-state index contributed by atoms with van der Waals surface area (Å²) in [4.78, 5) is 12.5. The van der Waals surface area contributed by atoms with Crippen molar-refractivity contribution < 1.29 is 4.79 Å². The van der Waals surface area contributed by atoms with Crippen LogP contribution in [0.3, 0.4) is 0 Å². The van der Waals surface area contributed by atoms with Crippen molar-refractivity contribution >= 4 is 27.9 Å². The lowest BCUT2D eigenvalue weighted by Gasteiger charge is -2.38. The summed E-state index contributed by atoms with van der Waals surface area (Å²) in [6, 6.07) is 1.87. The van der Waals surface area contributed by atoms with Crippen molar-refractivity contribution in [2.24, 2.45) is 5.41 Å². The molecule has 1 aliphatic carbocycles. The molecule has 106 valence electrons. The third-order valence-corrected chi connectivity index (χ3v) is 4.86. The number of nitrogens with two attached hydrogens (primary N) is 1. The molecule has 4 N–H and O–H groups in total. The van der Waals surface area contributed by atoms with Gasteiger partial charge in [0.15, 0.2) is 0 Å². The number of nitrogens with one attached hydrogen (secondary N) is 2.